The number of fused-ring (bicyclic) bond motifs is 1. The molecule has 3 rings (SSSR count). The Morgan fingerprint density at radius 1 is 1.25 bits per heavy atom. The van der Waals surface area contributed by atoms with Gasteiger partial charge in [-0.1, -0.05) is 6.07 Å². The molecule has 0 aliphatic heterocycles. The molecule has 0 spiro atoms. The molecule has 0 fully saturated rings. The standard InChI is InChI=1S/C15H10FN3S/c1-9-2-4-11(16)7-13(9)19-14-6-10(8-17)3-5-12(14)18-15(19)20/h2-7H,1H3,(H,18,20). The Morgan fingerprint density at radius 3 is 2.80 bits per heavy atom. The summed E-state index contributed by atoms with van der Waals surface area (Å²) >= 11 is 5.32. The van der Waals surface area contributed by atoms with E-state index in [9.17, 15) is 4.39 Å². The number of imidazole rings is 1. The second-order valence-corrected chi connectivity index (χ2v) is 4.93. The third-order valence-electron chi connectivity index (χ3n) is 3.22. The minimum atomic E-state index is -0.321. The van der Waals surface area contributed by atoms with E-state index in [2.05, 4.69) is 11.1 Å². The van der Waals surface area contributed by atoms with Crippen molar-refractivity contribution in [2.45, 2.75) is 6.92 Å². The number of benzene rings is 2. The van der Waals surface area contributed by atoms with Gasteiger partial charge < -0.3 is 4.98 Å². The first-order valence-corrected chi connectivity index (χ1v) is 6.42. The molecular formula is C15H10FN3S. The van der Waals surface area contributed by atoms with Crippen LogP contribution in [0.1, 0.15) is 11.1 Å². The van der Waals surface area contributed by atoms with Crippen LogP contribution in [-0.4, -0.2) is 9.55 Å². The number of nitrogens with zero attached hydrogens (tertiary/aromatic N) is 2. The van der Waals surface area contributed by atoms with E-state index in [1.165, 1.54) is 12.1 Å². The van der Waals surface area contributed by atoms with Crippen LogP contribution in [0.5, 0.6) is 0 Å². The number of halogens is 1. The molecule has 3 aromatic rings. The Morgan fingerprint density at radius 2 is 2.05 bits per heavy atom. The van der Waals surface area contributed by atoms with Crippen LogP contribution in [-0.2, 0) is 0 Å². The lowest BCUT2D eigenvalue weighted by Gasteiger charge is -2.08. The lowest BCUT2D eigenvalue weighted by atomic mass is 10.1. The van der Waals surface area contributed by atoms with Crippen molar-refractivity contribution in [3.8, 4) is 11.8 Å². The molecule has 0 radical (unpaired) electrons. The average molecular weight is 283 g/mol. The fraction of sp³-hybridized carbons (Fsp3) is 0.0667. The van der Waals surface area contributed by atoms with E-state index in [-0.39, 0.29) is 5.82 Å². The van der Waals surface area contributed by atoms with Crippen LogP contribution >= 0.6 is 12.2 Å². The van der Waals surface area contributed by atoms with Crippen LogP contribution in [0.2, 0.25) is 0 Å². The monoisotopic (exact) mass is 283 g/mol. The van der Waals surface area contributed by atoms with Gasteiger partial charge in [0.1, 0.15) is 5.82 Å². The van der Waals surface area contributed by atoms with E-state index in [1.54, 1.807) is 28.8 Å². The largest absolute Gasteiger partial charge is 0.330 e. The fourth-order valence-electron chi connectivity index (χ4n) is 2.24. The predicted molar refractivity (Wildman–Crippen MR) is 77.9 cm³/mol. The highest BCUT2D eigenvalue weighted by molar-refractivity contribution is 7.71. The molecule has 0 saturated heterocycles. The molecular weight excluding hydrogens is 273 g/mol. The molecule has 0 aliphatic rings. The van der Waals surface area contributed by atoms with Crippen molar-refractivity contribution in [2.75, 3.05) is 0 Å². The molecule has 1 aromatic heterocycles. The van der Waals surface area contributed by atoms with E-state index in [0.29, 0.717) is 16.0 Å². The normalized spacial score (nSPS) is 10.7. The first-order valence-electron chi connectivity index (χ1n) is 6.01. The Bertz CT molecular complexity index is 915. The molecule has 0 unspecified atom stereocenters. The van der Waals surface area contributed by atoms with Gasteiger partial charge in [-0.05, 0) is 55.0 Å². The van der Waals surface area contributed by atoms with E-state index in [1.807, 2.05) is 6.92 Å². The van der Waals surface area contributed by atoms with Crippen molar-refractivity contribution in [1.82, 2.24) is 9.55 Å². The molecule has 3 nitrogen and oxygen atoms in total. The van der Waals surface area contributed by atoms with Gasteiger partial charge in [-0.25, -0.2) is 4.39 Å². The van der Waals surface area contributed by atoms with Crippen molar-refractivity contribution < 1.29 is 4.39 Å². The summed E-state index contributed by atoms with van der Waals surface area (Å²) in [5.74, 6) is -0.321. The molecule has 2 aromatic carbocycles. The molecule has 0 bridgehead atoms. The Balaban J connectivity index is 2.41. The van der Waals surface area contributed by atoms with Gasteiger partial charge in [0, 0.05) is 0 Å². The Kier molecular flexibility index (Phi) is 2.88. The summed E-state index contributed by atoms with van der Waals surface area (Å²) in [4.78, 5) is 3.07. The summed E-state index contributed by atoms with van der Waals surface area (Å²) in [6.07, 6.45) is 0. The summed E-state index contributed by atoms with van der Waals surface area (Å²) in [5, 5.41) is 9.01. The maximum absolute atomic E-state index is 13.5. The van der Waals surface area contributed by atoms with Crippen LogP contribution < -0.4 is 0 Å². The van der Waals surface area contributed by atoms with Crippen LogP contribution in [0.4, 0.5) is 4.39 Å². The number of H-pyrrole nitrogens is 1. The molecule has 1 heterocycles. The number of rotatable bonds is 1. The van der Waals surface area contributed by atoms with E-state index < -0.39 is 0 Å². The van der Waals surface area contributed by atoms with Gasteiger partial charge in [-0.3, -0.25) is 4.57 Å². The van der Waals surface area contributed by atoms with Gasteiger partial charge in [-0.2, -0.15) is 5.26 Å². The summed E-state index contributed by atoms with van der Waals surface area (Å²) in [5.41, 5.74) is 3.71. The van der Waals surface area contributed by atoms with Gasteiger partial charge >= 0.3 is 0 Å². The maximum Gasteiger partial charge on any atom is 0.182 e. The van der Waals surface area contributed by atoms with E-state index in [4.69, 9.17) is 17.5 Å². The lowest BCUT2D eigenvalue weighted by Crippen LogP contribution is -1.98. The highest BCUT2D eigenvalue weighted by Crippen LogP contribution is 2.23. The summed E-state index contributed by atoms with van der Waals surface area (Å²) in [7, 11) is 0. The second-order valence-electron chi connectivity index (χ2n) is 4.54. The van der Waals surface area contributed by atoms with Crippen molar-refractivity contribution in [1.29, 1.82) is 5.26 Å². The molecule has 20 heavy (non-hydrogen) atoms. The van der Waals surface area contributed by atoms with Crippen molar-refractivity contribution in [3.63, 3.8) is 0 Å². The van der Waals surface area contributed by atoms with Gasteiger partial charge in [-0.15, -0.1) is 0 Å². The number of hydrogen-bond donors (Lipinski definition) is 1. The highest BCUT2D eigenvalue weighted by atomic mass is 32.1. The zero-order valence-electron chi connectivity index (χ0n) is 10.6. The first kappa shape index (κ1) is 12.6. The Labute approximate surface area is 119 Å². The average Bonchev–Trinajstić information content (AvgIpc) is 2.76. The SMILES string of the molecule is Cc1ccc(F)cc1-n1c(=S)[nH]c2ccc(C#N)cc21. The molecule has 0 amide bonds. The number of hydrogen-bond acceptors (Lipinski definition) is 2. The first-order chi connectivity index (χ1) is 9.60. The molecule has 0 aliphatic carbocycles. The van der Waals surface area contributed by atoms with Crippen LogP contribution in [0.15, 0.2) is 36.4 Å². The molecule has 98 valence electrons. The van der Waals surface area contributed by atoms with Gasteiger partial charge in [0.05, 0.1) is 28.4 Å². The number of aromatic nitrogens is 2. The van der Waals surface area contributed by atoms with Gasteiger partial charge in [0.2, 0.25) is 0 Å². The lowest BCUT2D eigenvalue weighted by molar-refractivity contribution is 0.626. The number of aromatic amines is 1. The van der Waals surface area contributed by atoms with E-state index >= 15 is 0 Å². The number of nitriles is 1. The Hall–Kier alpha value is -2.45. The van der Waals surface area contributed by atoms with Crippen LogP contribution in [0.25, 0.3) is 16.7 Å². The second kappa shape index (κ2) is 4.58. The van der Waals surface area contributed by atoms with Crippen molar-refractivity contribution in [3.05, 3.63) is 58.1 Å². The maximum atomic E-state index is 13.5. The minimum Gasteiger partial charge on any atom is -0.330 e. The summed E-state index contributed by atoms with van der Waals surface area (Å²) in [6.45, 7) is 1.89. The zero-order valence-corrected chi connectivity index (χ0v) is 11.5. The third-order valence-corrected chi connectivity index (χ3v) is 3.51. The minimum absolute atomic E-state index is 0.321. The highest BCUT2D eigenvalue weighted by Gasteiger charge is 2.10. The number of aryl methyl sites for hydroxylation is 1. The number of nitrogens with one attached hydrogen (secondary N) is 1. The molecule has 1 N–H and O–H groups in total. The quantitative estimate of drug-likeness (QED) is 0.686. The molecule has 0 saturated carbocycles. The van der Waals surface area contributed by atoms with Crippen LogP contribution in [0.3, 0.4) is 0 Å². The fourth-order valence-corrected chi connectivity index (χ4v) is 2.54. The van der Waals surface area contributed by atoms with Crippen molar-refractivity contribution >= 4 is 23.3 Å². The van der Waals surface area contributed by atoms with E-state index in [0.717, 1.165) is 16.6 Å². The molecule has 0 atom stereocenters. The van der Waals surface area contributed by atoms with Gasteiger partial charge in [0.15, 0.2) is 4.77 Å². The van der Waals surface area contributed by atoms with Crippen LogP contribution in [0, 0.1) is 28.8 Å². The van der Waals surface area contributed by atoms with Gasteiger partial charge in [0.25, 0.3) is 0 Å². The van der Waals surface area contributed by atoms with Crippen molar-refractivity contribution in [2.24, 2.45) is 0 Å². The third kappa shape index (κ3) is 1.91. The smallest absolute Gasteiger partial charge is 0.182 e. The summed E-state index contributed by atoms with van der Waals surface area (Å²) in [6, 6.07) is 11.9. The topological polar surface area (TPSA) is 44.5 Å². The molecule has 5 heteroatoms. The summed E-state index contributed by atoms with van der Waals surface area (Å²) < 4.78 is 15.7. The predicted octanol–water partition coefficient (Wildman–Crippen LogP) is 4.01. The zero-order chi connectivity index (χ0) is 14.3.